The van der Waals surface area contributed by atoms with Crippen LogP contribution in [0.15, 0.2) is 26.9 Å². The molecule has 0 amide bonds. The monoisotopic (exact) mass is 375 g/mol. The Hall–Kier alpha value is -0.850. The van der Waals surface area contributed by atoms with E-state index < -0.39 is 0 Å². The molecule has 0 fully saturated rings. The number of hydrogen-bond donors (Lipinski definition) is 1. The van der Waals surface area contributed by atoms with Crippen molar-refractivity contribution >= 4 is 44.6 Å². The van der Waals surface area contributed by atoms with E-state index in [2.05, 4.69) is 32.4 Å². The summed E-state index contributed by atoms with van der Waals surface area (Å²) < 4.78 is 2.51. The van der Waals surface area contributed by atoms with Crippen molar-refractivity contribution in [3.8, 4) is 0 Å². The number of hydrogen-bond acceptors (Lipinski definition) is 4. The maximum atomic E-state index is 11.9. The van der Waals surface area contributed by atoms with Gasteiger partial charge >= 0.3 is 0 Å². The lowest BCUT2D eigenvalue weighted by atomic mass is 10.3. The largest absolute Gasteiger partial charge is 0.382 e. The summed E-state index contributed by atoms with van der Waals surface area (Å²) in [5, 5.41) is 7.48. The fourth-order valence-corrected chi connectivity index (χ4v) is 3.46. The maximum absolute atomic E-state index is 11.9. The van der Waals surface area contributed by atoms with Gasteiger partial charge in [-0.05, 0) is 40.9 Å². The Morgan fingerprint density at radius 2 is 2.30 bits per heavy atom. The molecule has 0 aliphatic carbocycles. The van der Waals surface area contributed by atoms with Crippen molar-refractivity contribution in [2.45, 2.75) is 26.3 Å². The Morgan fingerprint density at radius 1 is 1.50 bits per heavy atom. The average molecular weight is 377 g/mol. The van der Waals surface area contributed by atoms with Crippen LogP contribution >= 0.6 is 38.9 Å². The van der Waals surface area contributed by atoms with Crippen molar-refractivity contribution in [3.05, 3.63) is 42.4 Å². The lowest BCUT2D eigenvalue weighted by Gasteiger charge is -2.09. The smallest absolute Gasteiger partial charge is 0.287 e. The van der Waals surface area contributed by atoms with Crippen LogP contribution in [0.2, 0.25) is 5.02 Å². The predicted octanol–water partition coefficient (Wildman–Crippen LogP) is 3.79. The Bertz CT molecular complexity index is 641. The summed E-state index contributed by atoms with van der Waals surface area (Å²) in [4.78, 5) is 13.2. The normalized spacial score (nSPS) is 10.8. The number of nitrogens with zero attached hydrogens (tertiary/aromatic N) is 2. The second kappa shape index (κ2) is 7.24. The molecular formula is C13H15BrClN3OS. The van der Waals surface area contributed by atoms with Gasteiger partial charge in [-0.15, -0.1) is 11.3 Å². The van der Waals surface area contributed by atoms with Gasteiger partial charge in [0.1, 0.15) is 5.02 Å². The zero-order valence-corrected chi connectivity index (χ0v) is 14.2. The maximum Gasteiger partial charge on any atom is 0.287 e. The molecule has 0 atom stereocenters. The first-order valence-corrected chi connectivity index (χ1v) is 8.34. The second-order valence-corrected chi connectivity index (χ2v) is 7.21. The van der Waals surface area contributed by atoms with Gasteiger partial charge in [0.25, 0.3) is 5.56 Å². The number of anilines is 1. The fourth-order valence-electron chi connectivity index (χ4n) is 1.77. The molecule has 0 bridgehead atoms. The Morgan fingerprint density at radius 3 is 2.95 bits per heavy atom. The van der Waals surface area contributed by atoms with Gasteiger partial charge < -0.3 is 5.32 Å². The quantitative estimate of drug-likeness (QED) is 0.834. The van der Waals surface area contributed by atoms with Gasteiger partial charge in [0.2, 0.25) is 0 Å². The number of halogens is 2. The minimum atomic E-state index is -0.239. The van der Waals surface area contributed by atoms with E-state index in [0.29, 0.717) is 18.8 Å². The summed E-state index contributed by atoms with van der Waals surface area (Å²) >= 11 is 11.2. The van der Waals surface area contributed by atoms with Crippen LogP contribution in [0.5, 0.6) is 0 Å². The highest BCUT2D eigenvalue weighted by atomic mass is 79.9. The van der Waals surface area contributed by atoms with Gasteiger partial charge in [-0.25, -0.2) is 4.68 Å². The van der Waals surface area contributed by atoms with E-state index in [4.69, 9.17) is 11.6 Å². The molecule has 2 aromatic rings. The first-order chi connectivity index (χ1) is 9.61. The van der Waals surface area contributed by atoms with E-state index in [1.165, 1.54) is 9.56 Å². The molecular weight excluding hydrogens is 362 g/mol. The van der Waals surface area contributed by atoms with E-state index in [1.807, 2.05) is 13.0 Å². The Kier molecular flexibility index (Phi) is 5.63. The van der Waals surface area contributed by atoms with Gasteiger partial charge in [-0.3, -0.25) is 4.79 Å². The Labute approximate surface area is 134 Å². The van der Waals surface area contributed by atoms with Crippen molar-refractivity contribution in [3.63, 3.8) is 0 Å². The highest BCUT2D eigenvalue weighted by Gasteiger charge is 2.08. The van der Waals surface area contributed by atoms with Gasteiger partial charge in [-0.2, -0.15) is 5.10 Å². The molecule has 0 saturated carbocycles. The lowest BCUT2D eigenvalue weighted by molar-refractivity contribution is 0.568. The number of thiophene rings is 1. The molecule has 7 heteroatoms. The van der Waals surface area contributed by atoms with Crippen molar-refractivity contribution < 1.29 is 0 Å². The number of nitrogens with one attached hydrogen (secondary N) is 1. The van der Waals surface area contributed by atoms with Crippen LogP contribution in [0, 0.1) is 0 Å². The number of aromatic nitrogens is 2. The molecule has 2 heterocycles. The third-order valence-corrected chi connectivity index (χ3v) is 4.78. The van der Waals surface area contributed by atoms with Gasteiger partial charge in [0.15, 0.2) is 0 Å². The summed E-state index contributed by atoms with van der Waals surface area (Å²) in [7, 11) is 0. The second-order valence-electron chi connectivity index (χ2n) is 4.28. The van der Waals surface area contributed by atoms with Gasteiger partial charge in [-0.1, -0.05) is 18.5 Å². The van der Waals surface area contributed by atoms with Crippen LogP contribution in [-0.4, -0.2) is 16.3 Å². The minimum Gasteiger partial charge on any atom is -0.382 e. The molecule has 0 radical (unpaired) electrons. The van der Waals surface area contributed by atoms with Crippen LogP contribution in [-0.2, 0) is 13.0 Å². The molecule has 0 aliphatic rings. The topological polar surface area (TPSA) is 46.9 Å². The summed E-state index contributed by atoms with van der Waals surface area (Å²) in [6.45, 7) is 3.29. The van der Waals surface area contributed by atoms with Crippen molar-refractivity contribution in [2.24, 2.45) is 0 Å². The molecule has 0 saturated heterocycles. The lowest BCUT2D eigenvalue weighted by Crippen LogP contribution is -2.24. The third kappa shape index (κ3) is 3.84. The molecule has 0 unspecified atom stereocenters. The van der Waals surface area contributed by atoms with E-state index >= 15 is 0 Å². The number of aryl methyl sites for hydroxylation is 1. The molecule has 0 aliphatic heterocycles. The zero-order chi connectivity index (χ0) is 14.5. The zero-order valence-electron chi connectivity index (χ0n) is 11.0. The third-order valence-electron chi connectivity index (χ3n) is 2.74. The predicted molar refractivity (Wildman–Crippen MR) is 88.0 cm³/mol. The van der Waals surface area contributed by atoms with E-state index in [0.717, 1.165) is 16.6 Å². The first kappa shape index (κ1) is 15.5. The standard InChI is InChI=1S/C13H15BrClN3OS/c1-2-7-18-13(19)12(15)10(8-17-18)16-6-5-9-3-4-11(14)20-9/h3-4,8,16H,2,5-7H2,1H3. The Balaban J connectivity index is 1.99. The number of rotatable bonds is 6. The molecule has 0 spiro atoms. The van der Waals surface area contributed by atoms with Crippen LogP contribution in [0.1, 0.15) is 18.2 Å². The summed E-state index contributed by atoms with van der Waals surface area (Å²) in [6.07, 6.45) is 3.34. The van der Waals surface area contributed by atoms with Gasteiger partial charge in [0, 0.05) is 18.0 Å². The van der Waals surface area contributed by atoms with Crippen LogP contribution in [0.3, 0.4) is 0 Å². The molecule has 2 rings (SSSR count). The summed E-state index contributed by atoms with van der Waals surface area (Å²) in [6, 6.07) is 4.11. The fraction of sp³-hybridized carbons (Fsp3) is 0.385. The molecule has 20 heavy (non-hydrogen) atoms. The molecule has 108 valence electrons. The summed E-state index contributed by atoms with van der Waals surface area (Å²) in [5.74, 6) is 0. The van der Waals surface area contributed by atoms with E-state index in [1.54, 1.807) is 17.5 Å². The van der Waals surface area contributed by atoms with E-state index in [-0.39, 0.29) is 10.6 Å². The first-order valence-electron chi connectivity index (χ1n) is 6.35. The molecule has 4 nitrogen and oxygen atoms in total. The highest BCUT2D eigenvalue weighted by molar-refractivity contribution is 9.11. The minimum absolute atomic E-state index is 0.209. The molecule has 0 aromatic carbocycles. The van der Waals surface area contributed by atoms with Crippen LogP contribution < -0.4 is 10.9 Å². The SMILES string of the molecule is CCCn1ncc(NCCc2ccc(Br)s2)c(Cl)c1=O. The van der Waals surface area contributed by atoms with E-state index in [9.17, 15) is 4.79 Å². The van der Waals surface area contributed by atoms with Crippen molar-refractivity contribution in [1.29, 1.82) is 0 Å². The summed E-state index contributed by atoms with van der Waals surface area (Å²) in [5.41, 5.74) is 0.358. The van der Waals surface area contributed by atoms with Crippen LogP contribution in [0.4, 0.5) is 5.69 Å². The molecule has 1 N–H and O–H groups in total. The average Bonchev–Trinajstić information content (AvgIpc) is 2.84. The van der Waals surface area contributed by atoms with Crippen LogP contribution in [0.25, 0.3) is 0 Å². The highest BCUT2D eigenvalue weighted by Crippen LogP contribution is 2.22. The molecule has 2 aromatic heterocycles. The van der Waals surface area contributed by atoms with Gasteiger partial charge in [0.05, 0.1) is 15.7 Å². The van der Waals surface area contributed by atoms with Crippen molar-refractivity contribution in [2.75, 3.05) is 11.9 Å². The van der Waals surface area contributed by atoms with Crippen molar-refractivity contribution in [1.82, 2.24) is 9.78 Å².